The van der Waals surface area contributed by atoms with Crippen LogP contribution in [0.5, 0.6) is 0 Å². The number of hydrogen-bond donors (Lipinski definition) is 0. The number of ether oxygens (including phenoxy) is 2. The molecule has 1 aliphatic rings. The van der Waals surface area contributed by atoms with Crippen LogP contribution in [0.15, 0.2) is 30.7 Å². The summed E-state index contributed by atoms with van der Waals surface area (Å²) in [5.74, 6) is 0.0761. The molecule has 2 aromatic heterocycles. The lowest BCUT2D eigenvalue weighted by Crippen LogP contribution is -2.41. The number of pyridine rings is 1. The summed E-state index contributed by atoms with van der Waals surface area (Å²) in [4.78, 5) is 18.7. The molecule has 0 saturated carbocycles. The van der Waals surface area contributed by atoms with E-state index in [9.17, 15) is 4.79 Å². The smallest absolute Gasteiger partial charge is 0.255 e. The lowest BCUT2D eigenvalue weighted by Gasteiger charge is -2.32. The minimum absolute atomic E-state index is 0.0761. The van der Waals surface area contributed by atoms with Gasteiger partial charge in [-0.1, -0.05) is 0 Å². The summed E-state index contributed by atoms with van der Waals surface area (Å²) in [5.41, 5.74) is 1.55. The van der Waals surface area contributed by atoms with Crippen LogP contribution in [0.4, 0.5) is 0 Å². The maximum Gasteiger partial charge on any atom is 0.255 e. The van der Waals surface area contributed by atoms with Gasteiger partial charge in [0.2, 0.25) is 0 Å². The van der Waals surface area contributed by atoms with Crippen molar-refractivity contribution < 1.29 is 14.3 Å². The first-order valence-electron chi connectivity index (χ1n) is 8.58. The van der Waals surface area contributed by atoms with E-state index in [1.807, 2.05) is 47.7 Å². The molecule has 1 fully saturated rings. The number of carbonyl (C=O) groups excluding carboxylic acids is 1. The third kappa shape index (κ3) is 4.13. The number of piperidine rings is 1. The van der Waals surface area contributed by atoms with Crippen LogP contribution in [-0.4, -0.2) is 58.7 Å². The molecule has 6 heteroatoms. The first kappa shape index (κ1) is 16.9. The lowest BCUT2D eigenvalue weighted by molar-refractivity contribution is -0.0313. The van der Waals surface area contributed by atoms with Gasteiger partial charge in [0.25, 0.3) is 5.91 Å². The Labute approximate surface area is 142 Å². The molecule has 3 heterocycles. The fourth-order valence-electron chi connectivity index (χ4n) is 2.95. The molecule has 0 atom stereocenters. The predicted octanol–water partition coefficient (Wildman–Crippen LogP) is 2.38. The molecule has 6 nitrogen and oxygen atoms in total. The van der Waals surface area contributed by atoms with E-state index >= 15 is 0 Å². The SMILES string of the molecule is CC(C)OCCOC1CCN(C(=O)c2ccc3nccn3c2)CC1. The molecule has 1 amide bonds. The van der Waals surface area contributed by atoms with Gasteiger partial charge in [-0.15, -0.1) is 0 Å². The highest BCUT2D eigenvalue weighted by Crippen LogP contribution is 2.17. The molecule has 0 N–H and O–H groups in total. The van der Waals surface area contributed by atoms with Gasteiger partial charge in [-0.3, -0.25) is 4.79 Å². The third-order valence-electron chi connectivity index (χ3n) is 4.25. The zero-order valence-electron chi connectivity index (χ0n) is 14.4. The van der Waals surface area contributed by atoms with Crippen LogP contribution in [0.3, 0.4) is 0 Å². The number of carbonyl (C=O) groups is 1. The van der Waals surface area contributed by atoms with Crippen LogP contribution in [-0.2, 0) is 9.47 Å². The molecule has 0 aromatic carbocycles. The Kier molecular flexibility index (Phi) is 5.48. The fourth-order valence-corrected chi connectivity index (χ4v) is 2.95. The molecular weight excluding hydrogens is 306 g/mol. The molecule has 0 spiro atoms. The molecular formula is C18H25N3O3. The predicted molar refractivity (Wildman–Crippen MR) is 91.2 cm³/mol. The second-order valence-corrected chi connectivity index (χ2v) is 6.39. The highest BCUT2D eigenvalue weighted by atomic mass is 16.5. The average molecular weight is 331 g/mol. The van der Waals surface area contributed by atoms with Gasteiger partial charge in [-0.25, -0.2) is 4.98 Å². The van der Waals surface area contributed by atoms with Gasteiger partial charge in [0.05, 0.1) is 31.0 Å². The van der Waals surface area contributed by atoms with Crippen molar-refractivity contribution in [2.45, 2.75) is 38.9 Å². The molecule has 1 aliphatic heterocycles. The third-order valence-corrected chi connectivity index (χ3v) is 4.25. The van der Waals surface area contributed by atoms with E-state index in [-0.39, 0.29) is 18.1 Å². The van der Waals surface area contributed by atoms with Crippen molar-refractivity contribution in [2.24, 2.45) is 0 Å². The summed E-state index contributed by atoms with van der Waals surface area (Å²) in [6.45, 7) is 6.75. The maximum absolute atomic E-state index is 12.6. The van der Waals surface area contributed by atoms with E-state index in [4.69, 9.17) is 9.47 Å². The molecule has 24 heavy (non-hydrogen) atoms. The Bertz CT molecular complexity index is 675. The Morgan fingerprint density at radius 2 is 2.08 bits per heavy atom. The van der Waals surface area contributed by atoms with Gasteiger partial charge < -0.3 is 18.8 Å². The largest absolute Gasteiger partial charge is 0.376 e. The van der Waals surface area contributed by atoms with E-state index in [1.165, 1.54) is 0 Å². The van der Waals surface area contributed by atoms with Gasteiger partial charge in [-0.05, 0) is 38.8 Å². The van der Waals surface area contributed by atoms with Crippen molar-refractivity contribution in [3.8, 4) is 0 Å². The van der Waals surface area contributed by atoms with Gasteiger partial charge in [0.15, 0.2) is 0 Å². The number of hydrogen-bond acceptors (Lipinski definition) is 4. The summed E-state index contributed by atoms with van der Waals surface area (Å²) >= 11 is 0. The number of imidazole rings is 1. The Morgan fingerprint density at radius 3 is 2.83 bits per heavy atom. The highest BCUT2D eigenvalue weighted by Gasteiger charge is 2.24. The monoisotopic (exact) mass is 331 g/mol. The standard InChI is InChI=1S/C18H25N3O3/c1-14(2)23-11-12-24-16-5-8-20(9-6-16)18(22)15-3-4-17-19-7-10-21(17)13-15/h3-4,7,10,13-14,16H,5-6,8-9,11-12H2,1-2H3. The van der Waals surface area contributed by atoms with Crippen molar-refractivity contribution in [3.63, 3.8) is 0 Å². The van der Waals surface area contributed by atoms with Crippen LogP contribution in [0.25, 0.3) is 5.65 Å². The van der Waals surface area contributed by atoms with E-state index in [0.29, 0.717) is 18.8 Å². The molecule has 0 unspecified atom stereocenters. The highest BCUT2D eigenvalue weighted by molar-refractivity contribution is 5.94. The van der Waals surface area contributed by atoms with E-state index in [2.05, 4.69) is 4.98 Å². The maximum atomic E-state index is 12.6. The minimum atomic E-state index is 0.0761. The quantitative estimate of drug-likeness (QED) is 0.763. The molecule has 2 aromatic rings. The Balaban J connectivity index is 1.48. The van der Waals surface area contributed by atoms with Gasteiger partial charge in [-0.2, -0.15) is 0 Å². The lowest BCUT2D eigenvalue weighted by atomic mass is 10.1. The normalized spacial score (nSPS) is 16.2. The van der Waals surface area contributed by atoms with E-state index in [0.717, 1.165) is 31.6 Å². The van der Waals surface area contributed by atoms with Crippen molar-refractivity contribution in [2.75, 3.05) is 26.3 Å². The molecule has 130 valence electrons. The number of nitrogens with zero attached hydrogens (tertiary/aromatic N) is 3. The Hall–Kier alpha value is -1.92. The van der Waals surface area contributed by atoms with Crippen molar-refractivity contribution >= 4 is 11.6 Å². The van der Waals surface area contributed by atoms with Gasteiger partial charge >= 0.3 is 0 Å². The van der Waals surface area contributed by atoms with E-state index < -0.39 is 0 Å². The zero-order valence-corrected chi connectivity index (χ0v) is 14.4. The summed E-state index contributed by atoms with van der Waals surface area (Å²) in [5, 5.41) is 0. The number of fused-ring (bicyclic) bond motifs is 1. The average Bonchev–Trinajstić information content (AvgIpc) is 3.06. The topological polar surface area (TPSA) is 56.1 Å². The molecule has 0 aliphatic carbocycles. The summed E-state index contributed by atoms with van der Waals surface area (Å²) in [6.07, 6.45) is 7.64. The van der Waals surface area contributed by atoms with Crippen LogP contribution < -0.4 is 0 Å². The Morgan fingerprint density at radius 1 is 1.29 bits per heavy atom. The number of likely N-dealkylation sites (tertiary alicyclic amines) is 1. The van der Waals surface area contributed by atoms with Crippen LogP contribution in [0.2, 0.25) is 0 Å². The van der Waals surface area contributed by atoms with E-state index in [1.54, 1.807) is 6.20 Å². The first-order valence-corrected chi connectivity index (χ1v) is 8.58. The van der Waals surface area contributed by atoms with Gasteiger partial charge in [0, 0.05) is 31.7 Å². The summed E-state index contributed by atoms with van der Waals surface area (Å²) in [7, 11) is 0. The zero-order chi connectivity index (χ0) is 16.9. The van der Waals surface area contributed by atoms with Crippen LogP contribution >= 0.6 is 0 Å². The summed E-state index contributed by atoms with van der Waals surface area (Å²) in [6, 6.07) is 3.72. The van der Waals surface area contributed by atoms with Crippen molar-refractivity contribution in [3.05, 3.63) is 36.3 Å². The summed E-state index contributed by atoms with van der Waals surface area (Å²) < 4.78 is 13.2. The number of rotatable bonds is 6. The van der Waals surface area contributed by atoms with Crippen LogP contribution in [0, 0.1) is 0 Å². The number of amides is 1. The van der Waals surface area contributed by atoms with Crippen LogP contribution in [0.1, 0.15) is 37.0 Å². The fraction of sp³-hybridized carbons (Fsp3) is 0.556. The van der Waals surface area contributed by atoms with Crippen molar-refractivity contribution in [1.82, 2.24) is 14.3 Å². The second kappa shape index (κ2) is 7.77. The minimum Gasteiger partial charge on any atom is -0.376 e. The van der Waals surface area contributed by atoms with Gasteiger partial charge in [0.1, 0.15) is 5.65 Å². The second-order valence-electron chi connectivity index (χ2n) is 6.39. The molecule has 0 radical (unpaired) electrons. The molecule has 1 saturated heterocycles. The molecule has 0 bridgehead atoms. The van der Waals surface area contributed by atoms with Crippen molar-refractivity contribution in [1.29, 1.82) is 0 Å². The first-order chi connectivity index (χ1) is 11.6. The number of aromatic nitrogens is 2. The molecule has 3 rings (SSSR count).